The number of nitrogens with one attached hydrogen (secondary N) is 1. The first-order valence-corrected chi connectivity index (χ1v) is 9.83. The largest absolute Gasteiger partial charge is 0.497 e. The predicted molar refractivity (Wildman–Crippen MR) is 114 cm³/mol. The number of amides is 1. The van der Waals surface area contributed by atoms with E-state index in [2.05, 4.69) is 12.2 Å². The van der Waals surface area contributed by atoms with Crippen LogP contribution >= 0.6 is 0 Å². The fourth-order valence-corrected chi connectivity index (χ4v) is 3.12. The number of rotatable bonds is 9. The number of ether oxygens (including phenoxy) is 2. The van der Waals surface area contributed by atoms with Crippen molar-refractivity contribution in [3.63, 3.8) is 0 Å². The Bertz CT molecular complexity index is 951. The van der Waals surface area contributed by atoms with Gasteiger partial charge in [-0.2, -0.15) is 5.10 Å². The second-order valence-electron chi connectivity index (χ2n) is 6.70. The maximum absolute atomic E-state index is 12.9. The van der Waals surface area contributed by atoms with Crippen LogP contribution in [0.5, 0.6) is 11.5 Å². The van der Waals surface area contributed by atoms with E-state index in [1.807, 2.05) is 42.5 Å². The van der Waals surface area contributed by atoms with Crippen molar-refractivity contribution in [3.8, 4) is 28.4 Å². The van der Waals surface area contributed by atoms with E-state index < -0.39 is 0 Å². The number of benzene rings is 2. The van der Waals surface area contributed by atoms with E-state index in [9.17, 15) is 4.79 Å². The molecule has 0 unspecified atom stereocenters. The van der Waals surface area contributed by atoms with Crippen molar-refractivity contribution in [2.24, 2.45) is 0 Å². The molecule has 6 nitrogen and oxygen atoms in total. The Balaban J connectivity index is 2.02. The maximum Gasteiger partial charge on any atom is 0.255 e. The van der Waals surface area contributed by atoms with Crippen molar-refractivity contribution < 1.29 is 14.3 Å². The fourth-order valence-electron chi connectivity index (χ4n) is 3.12. The second kappa shape index (κ2) is 9.78. The molecule has 1 heterocycles. The zero-order valence-electron chi connectivity index (χ0n) is 17.1. The van der Waals surface area contributed by atoms with Crippen LogP contribution in [-0.4, -0.2) is 36.5 Å². The summed E-state index contributed by atoms with van der Waals surface area (Å²) in [6, 6.07) is 15.2. The third-order valence-electron chi connectivity index (χ3n) is 4.71. The zero-order valence-corrected chi connectivity index (χ0v) is 17.1. The number of hydrogen-bond acceptors (Lipinski definition) is 4. The topological polar surface area (TPSA) is 65.4 Å². The van der Waals surface area contributed by atoms with Crippen molar-refractivity contribution in [2.45, 2.75) is 26.2 Å². The minimum atomic E-state index is -0.142. The van der Waals surface area contributed by atoms with E-state index >= 15 is 0 Å². The summed E-state index contributed by atoms with van der Waals surface area (Å²) in [5.41, 5.74) is 2.70. The second-order valence-corrected chi connectivity index (χ2v) is 6.70. The molecule has 29 heavy (non-hydrogen) atoms. The van der Waals surface area contributed by atoms with Gasteiger partial charge in [-0.3, -0.25) is 4.79 Å². The summed E-state index contributed by atoms with van der Waals surface area (Å²) in [7, 11) is 3.20. The average molecular weight is 393 g/mol. The van der Waals surface area contributed by atoms with Crippen molar-refractivity contribution >= 4 is 5.91 Å². The van der Waals surface area contributed by atoms with Gasteiger partial charge >= 0.3 is 0 Å². The van der Waals surface area contributed by atoms with Gasteiger partial charge in [-0.25, -0.2) is 4.68 Å². The third kappa shape index (κ3) is 4.77. The van der Waals surface area contributed by atoms with Gasteiger partial charge in [-0.15, -0.1) is 0 Å². The van der Waals surface area contributed by atoms with Crippen LogP contribution < -0.4 is 14.8 Å². The van der Waals surface area contributed by atoms with E-state index in [4.69, 9.17) is 14.6 Å². The molecule has 3 aromatic rings. The van der Waals surface area contributed by atoms with Gasteiger partial charge in [0.1, 0.15) is 17.2 Å². The SMILES string of the molecule is CCCCCNC(=O)c1cn(-c2ccccc2)nc1-c1ccc(OC)cc1OC. The molecule has 0 aliphatic rings. The molecule has 0 aliphatic heterocycles. The highest BCUT2D eigenvalue weighted by Gasteiger charge is 2.21. The van der Waals surface area contributed by atoms with Crippen LogP contribution in [0.15, 0.2) is 54.7 Å². The molecule has 0 atom stereocenters. The van der Waals surface area contributed by atoms with E-state index in [0.29, 0.717) is 29.3 Å². The normalized spacial score (nSPS) is 10.6. The van der Waals surface area contributed by atoms with Gasteiger partial charge in [0.05, 0.1) is 25.5 Å². The van der Waals surface area contributed by atoms with Crippen molar-refractivity contribution in [3.05, 3.63) is 60.3 Å². The Labute approximate surface area is 171 Å². The molecule has 1 amide bonds. The number of carbonyl (C=O) groups excluding carboxylic acids is 1. The Morgan fingerprint density at radius 3 is 2.55 bits per heavy atom. The number of hydrogen-bond donors (Lipinski definition) is 1. The minimum Gasteiger partial charge on any atom is -0.497 e. The first kappa shape index (κ1) is 20.5. The van der Waals surface area contributed by atoms with Gasteiger partial charge in [0.15, 0.2) is 0 Å². The van der Waals surface area contributed by atoms with Crippen molar-refractivity contribution in [2.75, 3.05) is 20.8 Å². The quantitative estimate of drug-likeness (QED) is 0.545. The van der Waals surface area contributed by atoms with Crippen LogP contribution in [0.1, 0.15) is 36.5 Å². The molecule has 0 saturated heterocycles. The molecule has 152 valence electrons. The van der Waals surface area contributed by atoms with Gasteiger partial charge in [0.25, 0.3) is 5.91 Å². The monoisotopic (exact) mass is 393 g/mol. The van der Waals surface area contributed by atoms with Gasteiger partial charge in [-0.05, 0) is 30.7 Å². The summed E-state index contributed by atoms with van der Waals surface area (Å²) in [6.45, 7) is 2.78. The first-order valence-electron chi connectivity index (χ1n) is 9.83. The molecule has 2 aromatic carbocycles. The zero-order chi connectivity index (χ0) is 20.6. The van der Waals surface area contributed by atoms with Crippen molar-refractivity contribution in [1.29, 1.82) is 0 Å². The third-order valence-corrected chi connectivity index (χ3v) is 4.71. The van der Waals surface area contributed by atoms with Gasteiger partial charge in [-0.1, -0.05) is 38.0 Å². The molecule has 0 saturated carbocycles. The highest BCUT2D eigenvalue weighted by molar-refractivity contribution is 6.00. The highest BCUT2D eigenvalue weighted by Crippen LogP contribution is 2.34. The summed E-state index contributed by atoms with van der Waals surface area (Å²) in [4.78, 5) is 12.9. The minimum absolute atomic E-state index is 0.142. The molecule has 0 aliphatic carbocycles. The molecule has 0 bridgehead atoms. The molecule has 1 N–H and O–H groups in total. The van der Waals surface area contributed by atoms with Gasteiger partial charge in [0, 0.05) is 24.4 Å². The lowest BCUT2D eigenvalue weighted by Gasteiger charge is -2.10. The number of nitrogens with zero attached hydrogens (tertiary/aromatic N) is 2. The standard InChI is InChI=1S/C23H27N3O3/c1-4-5-9-14-24-23(27)20-16-26(17-10-7-6-8-11-17)25-22(20)19-13-12-18(28-2)15-21(19)29-3/h6-8,10-13,15-16H,4-5,9,14H2,1-3H3,(H,24,27). The number of unbranched alkanes of at least 4 members (excludes halogenated alkanes) is 2. The molecule has 6 heteroatoms. The lowest BCUT2D eigenvalue weighted by atomic mass is 10.1. The van der Waals surface area contributed by atoms with Crippen molar-refractivity contribution in [1.82, 2.24) is 15.1 Å². The number of para-hydroxylation sites is 1. The molecule has 1 aromatic heterocycles. The summed E-state index contributed by atoms with van der Waals surface area (Å²) in [5.74, 6) is 1.14. The maximum atomic E-state index is 12.9. The van der Waals surface area contributed by atoms with E-state index in [-0.39, 0.29) is 5.91 Å². The van der Waals surface area contributed by atoms with Crippen LogP contribution in [0.3, 0.4) is 0 Å². The summed E-state index contributed by atoms with van der Waals surface area (Å²) in [6.07, 6.45) is 4.92. The van der Waals surface area contributed by atoms with E-state index in [1.54, 1.807) is 31.2 Å². The Kier molecular flexibility index (Phi) is 6.89. The lowest BCUT2D eigenvalue weighted by molar-refractivity contribution is 0.0953. The van der Waals surface area contributed by atoms with Gasteiger partial charge in [0.2, 0.25) is 0 Å². The van der Waals surface area contributed by atoms with Crippen LogP contribution in [0.25, 0.3) is 16.9 Å². The summed E-state index contributed by atoms with van der Waals surface area (Å²) < 4.78 is 12.6. The molecule has 0 fully saturated rings. The lowest BCUT2D eigenvalue weighted by Crippen LogP contribution is -2.24. The van der Waals surface area contributed by atoms with Crippen LogP contribution in [-0.2, 0) is 0 Å². The molecular formula is C23H27N3O3. The van der Waals surface area contributed by atoms with Crippen LogP contribution in [0, 0.1) is 0 Å². The highest BCUT2D eigenvalue weighted by atomic mass is 16.5. The number of methoxy groups -OCH3 is 2. The fraction of sp³-hybridized carbons (Fsp3) is 0.304. The predicted octanol–water partition coefficient (Wildman–Crippen LogP) is 4.48. The molecular weight excluding hydrogens is 366 g/mol. The first-order chi connectivity index (χ1) is 14.2. The summed E-state index contributed by atoms with van der Waals surface area (Å²) in [5, 5.41) is 7.73. The molecule has 3 rings (SSSR count). The van der Waals surface area contributed by atoms with Gasteiger partial charge < -0.3 is 14.8 Å². The average Bonchev–Trinajstić information content (AvgIpc) is 3.22. The Morgan fingerprint density at radius 1 is 1.07 bits per heavy atom. The van der Waals surface area contributed by atoms with E-state index in [1.165, 1.54) is 0 Å². The molecule has 0 radical (unpaired) electrons. The molecule has 0 spiro atoms. The Hall–Kier alpha value is -3.28. The van der Waals surface area contributed by atoms with E-state index in [0.717, 1.165) is 30.5 Å². The summed E-state index contributed by atoms with van der Waals surface area (Å²) >= 11 is 0. The number of aromatic nitrogens is 2. The van der Waals surface area contributed by atoms with Crippen LogP contribution in [0.2, 0.25) is 0 Å². The number of carbonyl (C=O) groups is 1. The smallest absolute Gasteiger partial charge is 0.255 e. The Morgan fingerprint density at radius 2 is 1.86 bits per heavy atom. The van der Waals surface area contributed by atoms with Crippen LogP contribution in [0.4, 0.5) is 0 Å².